The van der Waals surface area contributed by atoms with Crippen molar-refractivity contribution in [2.75, 3.05) is 20.3 Å². The van der Waals surface area contributed by atoms with E-state index in [2.05, 4.69) is 15.0 Å². The van der Waals surface area contributed by atoms with Gasteiger partial charge in [-0.1, -0.05) is 35.3 Å². The summed E-state index contributed by atoms with van der Waals surface area (Å²) in [6.07, 6.45) is 4.76. The van der Waals surface area contributed by atoms with Crippen LogP contribution in [0.1, 0.15) is 31.6 Å². The summed E-state index contributed by atoms with van der Waals surface area (Å²) in [5.41, 5.74) is 0.877. The number of hydrogen-bond donors (Lipinski definition) is 0. The van der Waals surface area contributed by atoms with Crippen molar-refractivity contribution in [2.45, 2.75) is 38.3 Å². The fourth-order valence-electron chi connectivity index (χ4n) is 3.09. The number of nitrogens with zero attached hydrogens (tertiary/aromatic N) is 3. The molecule has 5 nitrogen and oxygen atoms in total. The second kappa shape index (κ2) is 7.90. The van der Waals surface area contributed by atoms with E-state index in [9.17, 15) is 0 Å². The van der Waals surface area contributed by atoms with Crippen LogP contribution in [-0.2, 0) is 11.3 Å². The number of hydrogen-bond acceptors (Lipinski definition) is 5. The lowest BCUT2D eigenvalue weighted by molar-refractivity contribution is 0.0882. The number of methoxy groups -OCH3 is 1. The second-order valence-electron chi connectivity index (χ2n) is 5.92. The molecule has 0 radical (unpaired) electrons. The van der Waals surface area contributed by atoms with Gasteiger partial charge >= 0.3 is 0 Å². The standard InChI is InChI=1S/C17H22ClN3O2/c1-22-10-8-15-7-2-3-9-21(15)12-16-19-17(20-23-16)13-5-4-6-14(18)11-13/h4-6,11,15H,2-3,7-10,12H2,1H3/t15-/m1/s1. The van der Waals surface area contributed by atoms with E-state index in [4.69, 9.17) is 20.9 Å². The lowest BCUT2D eigenvalue weighted by Crippen LogP contribution is -2.39. The van der Waals surface area contributed by atoms with Gasteiger partial charge in [0.25, 0.3) is 0 Å². The maximum Gasteiger partial charge on any atom is 0.241 e. The van der Waals surface area contributed by atoms with Crippen LogP contribution in [0.5, 0.6) is 0 Å². The van der Waals surface area contributed by atoms with E-state index in [1.165, 1.54) is 19.3 Å². The molecular formula is C17H22ClN3O2. The van der Waals surface area contributed by atoms with E-state index in [0.717, 1.165) is 25.1 Å². The van der Waals surface area contributed by atoms with Gasteiger partial charge in [0.1, 0.15) is 0 Å². The van der Waals surface area contributed by atoms with Crippen molar-refractivity contribution >= 4 is 11.6 Å². The smallest absolute Gasteiger partial charge is 0.241 e. The SMILES string of the molecule is COCC[C@H]1CCCCN1Cc1nc(-c2cccc(Cl)c2)no1. The van der Waals surface area contributed by atoms with E-state index in [0.29, 0.717) is 29.3 Å². The Bertz CT molecular complexity index is 632. The zero-order valence-electron chi connectivity index (χ0n) is 13.4. The van der Waals surface area contributed by atoms with E-state index in [-0.39, 0.29) is 0 Å². The van der Waals surface area contributed by atoms with Crippen LogP contribution >= 0.6 is 11.6 Å². The molecule has 0 N–H and O–H groups in total. The van der Waals surface area contributed by atoms with Crippen molar-refractivity contribution in [3.63, 3.8) is 0 Å². The summed E-state index contributed by atoms with van der Waals surface area (Å²) in [5, 5.41) is 4.75. The number of likely N-dealkylation sites (tertiary alicyclic amines) is 1. The number of benzene rings is 1. The number of ether oxygens (including phenoxy) is 1. The van der Waals surface area contributed by atoms with E-state index in [1.54, 1.807) is 7.11 Å². The predicted octanol–water partition coefficient (Wildman–Crippen LogP) is 3.78. The Morgan fingerprint density at radius 1 is 1.39 bits per heavy atom. The minimum atomic E-state index is 0.533. The summed E-state index contributed by atoms with van der Waals surface area (Å²) in [7, 11) is 1.75. The molecule has 0 saturated carbocycles. The highest BCUT2D eigenvalue weighted by Crippen LogP contribution is 2.23. The highest BCUT2D eigenvalue weighted by Gasteiger charge is 2.24. The first-order chi connectivity index (χ1) is 11.3. The third-order valence-electron chi connectivity index (χ3n) is 4.29. The molecule has 0 spiro atoms. The van der Waals surface area contributed by atoms with Gasteiger partial charge in [0.05, 0.1) is 6.54 Å². The van der Waals surface area contributed by atoms with Gasteiger partial charge < -0.3 is 9.26 Å². The van der Waals surface area contributed by atoms with Crippen LogP contribution in [-0.4, -0.2) is 41.3 Å². The van der Waals surface area contributed by atoms with Gasteiger partial charge in [-0.2, -0.15) is 4.98 Å². The molecule has 1 fully saturated rings. The van der Waals surface area contributed by atoms with Crippen LogP contribution in [0.2, 0.25) is 5.02 Å². The third kappa shape index (κ3) is 4.31. The molecule has 1 aromatic heterocycles. The summed E-state index contributed by atoms with van der Waals surface area (Å²) < 4.78 is 10.7. The number of rotatable bonds is 6. The second-order valence-corrected chi connectivity index (χ2v) is 6.36. The summed E-state index contributed by atoms with van der Waals surface area (Å²) in [4.78, 5) is 6.95. The fourth-order valence-corrected chi connectivity index (χ4v) is 3.28. The van der Waals surface area contributed by atoms with Crippen molar-refractivity contribution in [1.82, 2.24) is 15.0 Å². The first-order valence-electron chi connectivity index (χ1n) is 8.08. The monoisotopic (exact) mass is 335 g/mol. The average molecular weight is 336 g/mol. The maximum absolute atomic E-state index is 6.02. The lowest BCUT2D eigenvalue weighted by Gasteiger charge is -2.34. The van der Waals surface area contributed by atoms with Gasteiger partial charge in [0.15, 0.2) is 0 Å². The topological polar surface area (TPSA) is 51.4 Å². The maximum atomic E-state index is 6.02. The minimum absolute atomic E-state index is 0.533. The average Bonchev–Trinajstić information content (AvgIpc) is 3.03. The molecule has 3 rings (SSSR count). The zero-order chi connectivity index (χ0) is 16.1. The van der Waals surface area contributed by atoms with Crippen LogP contribution in [0, 0.1) is 0 Å². The molecular weight excluding hydrogens is 314 g/mol. The molecule has 1 saturated heterocycles. The van der Waals surface area contributed by atoms with Gasteiger partial charge in [0.2, 0.25) is 11.7 Å². The van der Waals surface area contributed by atoms with Crippen LogP contribution in [0.4, 0.5) is 0 Å². The molecule has 0 unspecified atom stereocenters. The Balaban J connectivity index is 1.67. The van der Waals surface area contributed by atoms with E-state index >= 15 is 0 Å². The first-order valence-corrected chi connectivity index (χ1v) is 8.45. The molecule has 1 aliphatic heterocycles. The summed E-state index contributed by atoms with van der Waals surface area (Å²) in [5.74, 6) is 1.25. The zero-order valence-corrected chi connectivity index (χ0v) is 14.1. The van der Waals surface area contributed by atoms with Crippen LogP contribution in [0.3, 0.4) is 0 Å². The van der Waals surface area contributed by atoms with Gasteiger partial charge in [-0.25, -0.2) is 0 Å². The molecule has 2 aromatic rings. The fraction of sp³-hybridized carbons (Fsp3) is 0.529. The third-order valence-corrected chi connectivity index (χ3v) is 4.53. The highest BCUT2D eigenvalue weighted by atomic mass is 35.5. The Labute approximate surface area is 141 Å². The highest BCUT2D eigenvalue weighted by molar-refractivity contribution is 6.30. The molecule has 0 amide bonds. The molecule has 0 aliphatic carbocycles. The first kappa shape index (κ1) is 16.4. The van der Waals surface area contributed by atoms with Crippen molar-refractivity contribution < 1.29 is 9.26 Å². The van der Waals surface area contributed by atoms with Gasteiger partial charge in [-0.05, 0) is 37.9 Å². The van der Waals surface area contributed by atoms with Gasteiger partial charge in [-0.15, -0.1) is 0 Å². The molecule has 1 aliphatic rings. The van der Waals surface area contributed by atoms with E-state index < -0.39 is 0 Å². The molecule has 0 bridgehead atoms. The molecule has 1 aromatic carbocycles. The minimum Gasteiger partial charge on any atom is -0.385 e. The quantitative estimate of drug-likeness (QED) is 0.804. The summed E-state index contributed by atoms with van der Waals surface area (Å²) >= 11 is 6.02. The Kier molecular flexibility index (Phi) is 5.65. The van der Waals surface area contributed by atoms with Gasteiger partial charge in [-0.3, -0.25) is 4.90 Å². The van der Waals surface area contributed by atoms with Crippen LogP contribution in [0.15, 0.2) is 28.8 Å². The predicted molar refractivity (Wildman–Crippen MR) is 89.3 cm³/mol. The molecule has 6 heteroatoms. The summed E-state index contributed by atoms with van der Waals surface area (Å²) in [6, 6.07) is 8.03. The Morgan fingerprint density at radius 3 is 3.13 bits per heavy atom. The van der Waals surface area contributed by atoms with Crippen LogP contribution < -0.4 is 0 Å². The summed E-state index contributed by atoms with van der Waals surface area (Å²) in [6.45, 7) is 2.56. The van der Waals surface area contributed by atoms with E-state index in [1.807, 2.05) is 24.3 Å². The van der Waals surface area contributed by atoms with Crippen molar-refractivity contribution in [3.05, 3.63) is 35.2 Å². The number of piperidine rings is 1. The Hall–Kier alpha value is -1.43. The number of aromatic nitrogens is 2. The largest absolute Gasteiger partial charge is 0.385 e. The lowest BCUT2D eigenvalue weighted by atomic mass is 10.00. The van der Waals surface area contributed by atoms with Crippen molar-refractivity contribution in [3.8, 4) is 11.4 Å². The van der Waals surface area contributed by atoms with Crippen LogP contribution in [0.25, 0.3) is 11.4 Å². The van der Waals surface area contributed by atoms with Crippen molar-refractivity contribution in [2.24, 2.45) is 0 Å². The Morgan fingerprint density at radius 2 is 2.30 bits per heavy atom. The number of halogens is 1. The molecule has 2 heterocycles. The van der Waals surface area contributed by atoms with Gasteiger partial charge in [0, 0.05) is 30.3 Å². The normalized spacial score (nSPS) is 19.1. The van der Waals surface area contributed by atoms with Crippen molar-refractivity contribution in [1.29, 1.82) is 0 Å². The molecule has 1 atom stereocenters. The molecule has 23 heavy (non-hydrogen) atoms. The molecule has 124 valence electrons.